The predicted octanol–water partition coefficient (Wildman–Crippen LogP) is 1.25. The van der Waals surface area contributed by atoms with Crippen LogP contribution in [0.15, 0.2) is 0 Å². The second-order valence-corrected chi connectivity index (χ2v) is 7.73. The molecule has 0 amide bonds. The molecule has 4 aliphatic rings. The van der Waals surface area contributed by atoms with E-state index in [9.17, 15) is 0 Å². The van der Waals surface area contributed by atoms with Crippen molar-refractivity contribution in [2.75, 3.05) is 0 Å². The van der Waals surface area contributed by atoms with Gasteiger partial charge in [-0.05, 0) is 36.5 Å². The molecule has 0 spiro atoms. The van der Waals surface area contributed by atoms with Gasteiger partial charge in [-0.1, -0.05) is 0 Å². The van der Waals surface area contributed by atoms with E-state index < -0.39 is 0 Å². The van der Waals surface area contributed by atoms with Gasteiger partial charge >= 0.3 is 0 Å². The minimum Gasteiger partial charge on any atom is -0.327 e. The third-order valence-corrected chi connectivity index (χ3v) is 8.55. The summed E-state index contributed by atoms with van der Waals surface area (Å²) in [5.74, 6) is 3.13. The van der Waals surface area contributed by atoms with Gasteiger partial charge in [-0.3, -0.25) is 0 Å². The Morgan fingerprint density at radius 2 is 1.79 bits per heavy atom. The van der Waals surface area contributed by atoms with Crippen LogP contribution in [0.2, 0.25) is 0 Å². The third-order valence-electron chi connectivity index (χ3n) is 5.57. The Labute approximate surface area is 101 Å². The molecule has 4 saturated carbocycles. The fourth-order valence-corrected chi connectivity index (χ4v) is 7.38. The van der Waals surface area contributed by atoms with Gasteiger partial charge in [-0.25, -0.2) is 0 Å². The molecule has 0 aromatic rings. The molecule has 4 heteroatoms. The first-order valence-corrected chi connectivity index (χ1v) is 6.82. The second kappa shape index (κ2) is 2.18. The van der Waals surface area contributed by atoms with E-state index in [0.29, 0.717) is 17.2 Å². The largest absolute Gasteiger partial charge is 0.327 e. The Balaban J connectivity index is 1.74. The number of rotatable bonds is 0. The van der Waals surface area contributed by atoms with Crippen LogP contribution < -0.4 is 5.73 Å². The zero-order valence-corrected chi connectivity index (χ0v) is 10.5. The first kappa shape index (κ1) is 9.08. The third kappa shape index (κ3) is 0.558. The summed E-state index contributed by atoms with van der Waals surface area (Å²) >= 11 is 14.4. The van der Waals surface area contributed by atoms with Gasteiger partial charge in [0.15, 0.2) is 0 Å². The first-order valence-electron chi connectivity index (χ1n) is 5.41. The minimum absolute atomic E-state index is 0.100. The monoisotopic (exact) mass is 245 g/mol. The van der Waals surface area contributed by atoms with Crippen molar-refractivity contribution >= 4 is 37.9 Å². The van der Waals surface area contributed by atoms with Gasteiger partial charge in [0.05, 0.1) is 0 Å². The van der Waals surface area contributed by atoms with Gasteiger partial charge in [0, 0.05) is 20.8 Å². The van der Waals surface area contributed by atoms with Gasteiger partial charge in [0.25, 0.3) is 0 Å². The van der Waals surface area contributed by atoms with Crippen LogP contribution in [-0.2, 0) is 0 Å². The highest BCUT2D eigenvalue weighted by Crippen LogP contribution is 2.85. The summed E-state index contributed by atoms with van der Waals surface area (Å²) in [7, 11) is 0. The van der Waals surface area contributed by atoms with Crippen LogP contribution in [0.3, 0.4) is 0 Å². The predicted molar refractivity (Wildman–Crippen MR) is 67.4 cm³/mol. The maximum absolute atomic E-state index is 6.06. The normalized spacial score (nSPS) is 78.0. The highest BCUT2D eigenvalue weighted by atomic mass is 32.1. The van der Waals surface area contributed by atoms with Crippen molar-refractivity contribution in [1.29, 1.82) is 0 Å². The quantitative estimate of drug-likeness (QED) is 0.475. The standard InChI is InChI=1S/C10H15NS3/c11-5-1-3-7-4-2-6(12)9(4,13)10(7,14)8(3)5/h3-8,12-14H,1-2,11H2. The zero-order valence-electron chi connectivity index (χ0n) is 7.80. The van der Waals surface area contributed by atoms with E-state index in [1.165, 1.54) is 12.8 Å². The first-order chi connectivity index (χ1) is 6.53. The zero-order chi connectivity index (χ0) is 9.88. The molecule has 0 radical (unpaired) electrons. The Hall–Kier alpha value is 1.01. The van der Waals surface area contributed by atoms with Crippen molar-refractivity contribution in [3.05, 3.63) is 0 Å². The van der Waals surface area contributed by atoms with Crippen LogP contribution >= 0.6 is 37.9 Å². The maximum atomic E-state index is 6.06. The van der Waals surface area contributed by atoms with Gasteiger partial charge in [0.2, 0.25) is 0 Å². The minimum atomic E-state index is 0.100. The fraction of sp³-hybridized carbons (Fsp3) is 1.00. The van der Waals surface area contributed by atoms with Crippen LogP contribution in [0.5, 0.6) is 0 Å². The summed E-state index contributed by atoms with van der Waals surface area (Å²) in [5.41, 5.74) is 6.06. The Morgan fingerprint density at radius 3 is 2.36 bits per heavy atom. The second-order valence-electron chi connectivity index (χ2n) is 5.62. The molecule has 0 aromatic carbocycles. The molecule has 14 heavy (non-hydrogen) atoms. The van der Waals surface area contributed by atoms with Gasteiger partial charge in [-0.15, -0.1) is 0 Å². The summed E-state index contributed by atoms with van der Waals surface area (Å²) in [4.78, 5) is 0. The highest BCUT2D eigenvalue weighted by Gasteiger charge is 2.88. The van der Waals surface area contributed by atoms with E-state index in [0.717, 1.165) is 17.8 Å². The van der Waals surface area contributed by atoms with Crippen molar-refractivity contribution in [1.82, 2.24) is 0 Å². The van der Waals surface area contributed by atoms with Crippen LogP contribution in [0.1, 0.15) is 12.8 Å². The molecule has 0 bridgehead atoms. The molecule has 0 aliphatic heterocycles. The number of hydrogen-bond donors (Lipinski definition) is 4. The number of fused-ring (bicyclic) bond motifs is 7. The molecule has 4 fully saturated rings. The van der Waals surface area contributed by atoms with Gasteiger partial charge in [0.1, 0.15) is 0 Å². The molecule has 4 rings (SSSR count). The Kier molecular flexibility index (Phi) is 1.41. The molecule has 4 aliphatic carbocycles. The summed E-state index contributed by atoms with van der Waals surface area (Å²) in [6.45, 7) is 0. The van der Waals surface area contributed by atoms with E-state index in [1.54, 1.807) is 0 Å². The highest BCUT2D eigenvalue weighted by molar-refractivity contribution is 7.89. The Bertz CT molecular complexity index is 327. The van der Waals surface area contributed by atoms with Crippen molar-refractivity contribution in [2.45, 2.75) is 33.6 Å². The molecule has 0 saturated heterocycles. The molecule has 0 aromatic heterocycles. The van der Waals surface area contributed by atoms with E-state index >= 15 is 0 Å². The van der Waals surface area contributed by atoms with Gasteiger partial charge in [-0.2, -0.15) is 37.9 Å². The number of thiol groups is 3. The summed E-state index contributed by atoms with van der Waals surface area (Å²) < 4.78 is 0.233. The lowest BCUT2D eigenvalue weighted by molar-refractivity contribution is -0.243. The van der Waals surface area contributed by atoms with Crippen molar-refractivity contribution in [3.8, 4) is 0 Å². The van der Waals surface area contributed by atoms with E-state index in [2.05, 4.69) is 12.6 Å². The topological polar surface area (TPSA) is 26.0 Å². The van der Waals surface area contributed by atoms with Crippen LogP contribution in [-0.4, -0.2) is 20.8 Å². The van der Waals surface area contributed by atoms with Crippen molar-refractivity contribution in [3.63, 3.8) is 0 Å². The number of hydrogen-bond acceptors (Lipinski definition) is 4. The maximum Gasteiger partial charge on any atom is 0.0428 e. The average Bonchev–Trinajstić information content (AvgIpc) is 2.12. The van der Waals surface area contributed by atoms with E-state index in [4.69, 9.17) is 31.0 Å². The molecule has 0 heterocycles. The van der Waals surface area contributed by atoms with Crippen molar-refractivity contribution in [2.24, 2.45) is 29.4 Å². The van der Waals surface area contributed by atoms with Crippen LogP contribution in [0.4, 0.5) is 0 Å². The summed E-state index contributed by atoms with van der Waals surface area (Å²) in [6, 6.07) is 0.389. The molecular weight excluding hydrogens is 230 g/mol. The van der Waals surface area contributed by atoms with E-state index in [1.807, 2.05) is 0 Å². The lowest BCUT2D eigenvalue weighted by Gasteiger charge is -2.88. The van der Waals surface area contributed by atoms with Crippen LogP contribution in [0.25, 0.3) is 0 Å². The molecule has 8 unspecified atom stereocenters. The molecule has 8 atom stereocenters. The van der Waals surface area contributed by atoms with E-state index in [-0.39, 0.29) is 9.49 Å². The number of nitrogens with two attached hydrogens (primary N) is 1. The molecule has 1 nitrogen and oxygen atoms in total. The lowest BCUT2D eigenvalue weighted by atomic mass is 9.26. The fourth-order valence-electron chi connectivity index (χ4n) is 4.90. The Morgan fingerprint density at radius 1 is 1.07 bits per heavy atom. The van der Waals surface area contributed by atoms with Crippen molar-refractivity contribution < 1.29 is 0 Å². The molecule has 2 N–H and O–H groups in total. The summed E-state index contributed by atoms with van der Waals surface area (Å²) in [6.07, 6.45) is 2.48. The lowest BCUT2D eigenvalue weighted by Crippen LogP contribution is -2.94. The smallest absolute Gasteiger partial charge is 0.0428 e. The van der Waals surface area contributed by atoms with Crippen LogP contribution in [0, 0.1) is 23.7 Å². The summed E-state index contributed by atoms with van der Waals surface area (Å²) in [5, 5.41) is 0.443. The SMILES string of the molecule is NC1CC2C1C1(S)C2C2CC(S)C21S. The molecular formula is C10H15NS3. The average molecular weight is 245 g/mol. The molecule has 78 valence electrons. The van der Waals surface area contributed by atoms with Gasteiger partial charge < -0.3 is 5.73 Å².